The molecule has 27 heavy (non-hydrogen) atoms. The van der Waals surface area contributed by atoms with E-state index in [0.29, 0.717) is 16.9 Å². The first kappa shape index (κ1) is 17.7. The van der Waals surface area contributed by atoms with E-state index < -0.39 is 15.8 Å². The minimum Gasteiger partial charge on any atom is -0.253 e. The van der Waals surface area contributed by atoms with Crippen molar-refractivity contribution in [3.05, 3.63) is 71.7 Å². The topological polar surface area (TPSA) is 59.1 Å². The number of nitrogens with one attached hydrogen (secondary N) is 1. The molecule has 136 valence electrons. The minimum atomic E-state index is -3.69. The maximum absolute atomic E-state index is 13.8. The van der Waals surface area contributed by atoms with Gasteiger partial charge in [0, 0.05) is 29.6 Å². The van der Waals surface area contributed by atoms with Gasteiger partial charge in [-0.05, 0) is 54.8 Å². The SMILES string of the molecule is O=S(=O)(NCc1ccnc2c(F)cccc12)c1ccc(C#CC2CC2)cc1. The molecule has 0 radical (unpaired) electrons. The zero-order valence-electron chi connectivity index (χ0n) is 14.4. The molecule has 4 nitrogen and oxygen atoms in total. The summed E-state index contributed by atoms with van der Waals surface area (Å²) in [6.07, 6.45) is 3.77. The van der Waals surface area contributed by atoms with Gasteiger partial charge >= 0.3 is 0 Å². The summed E-state index contributed by atoms with van der Waals surface area (Å²) in [5, 5.41) is 0.589. The fourth-order valence-corrected chi connectivity index (χ4v) is 3.74. The summed E-state index contributed by atoms with van der Waals surface area (Å²) >= 11 is 0. The Kier molecular flexibility index (Phi) is 4.65. The Hall–Kier alpha value is -2.75. The molecular weight excluding hydrogens is 363 g/mol. The van der Waals surface area contributed by atoms with Gasteiger partial charge in [-0.1, -0.05) is 24.0 Å². The van der Waals surface area contributed by atoms with Crippen molar-refractivity contribution in [3.63, 3.8) is 0 Å². The van der Waals surface area contributed by atoms with Crippen LogP contribution in [0.2, 0.25) is 0 Å². The van der Waals surface area contributed by atoms with Crippen molar-refractivity contribution in [2.24, 2.45) is 5.92 Å². The molecule has 1 saturated carbocycles. The van der Waals surface area contributed by atoms with E-state index in [1.54, 1.807) is 42.5 Å². The van der Waals surface area contributed by atoms with Crippen molar-refractivity contribution in [1.82, 2.24) is 9.71 Å². The highest BCUT2D eigenvalue weighted by Gasteiger charge is 2.18. The van der Waals surface area contributed by atoms with E-state index in [0.717, 1.165) is 18.4 Å². The average molecular weight is 380 g/mol. The molecule has 0 unspecified atom stereocenters. The van der Waals surface area contributed by atoms with Gasteiger partial charge in [0.05, 0.1) is 4.90 Å². The van der Waals surface area contributed by atoms with E-state index in [-0.39, 0.29) is 17.0 Å². The van der Waals surface area contributed by atoms with E-state index in [4.69, 9.17) is 0 Å². The lowest BCUT2D eigenvalue weighted by Crippen LogP contribution is -2.23. The molecule has 0 bridgehead atoms. The molecule has 2 aromatic carbocycles. The summed E-state index contributed by atoms with van der Waals surface area (Å²) in [7, 11) is -3.69. The molecule has 0 atom stereocenters. The zero-order valence-corrected chi connectivity index (χ0v) is 15.3. The number of benzene rings is 2. The Morgan fingerprint density at radius 3 is 2.63 bits per heavy atom. The molecule has 1 N–H and O–H groups in total. The zero-order chi connectivity index (χ0) is 18.9. The molecule has 4 rings (SSSR count). The van der Waals surface area contributed by atoms with Crippen LogP contribution in [0.25, 0.3) is 10.9 Å². The lowest BCUT2D eigenvalue weighted by Gasteiger charge is -2.09. The standard InChI is InChI=1S/C21H17FN2O2S/c22-20-3-1-2-19-17(12-13-23-21(19)20)14-24-27(25,26)18-10-8-16(9-11-18)7-6-15-4-5-15/h1-3,8-13,15,24H,4-5,14H2. The van der Waals surface area contributed by atoms with Crippen molar-refractivity contribution >= 4 is 20.9 Å². The largest absolute Gasteiger partial charge is 0.253 e. The Balaban J connectivity index is 1.52. The highest BCUT2D eigenvalue weighted by Crippen LogP contribution is 2.27. The van der Waals surface area contributed by atoms with Crippen LogP contribution < -0.4 is 4.72 Å². The second-order valence-electron chi connectivity index (χ2n) is 6.50. The van der Waals surface area contributed by atoms with Gasteiger partial charge in [-0.25, -0.2) is 17.5 Å². The van der Waals surface area contributed by atoms with Gasteiger partial charge in [-0.15, -0.1) is 0 Å². The summed E-state index contributed by atoms with van der Waals surface area (Å²) < 4.78 is 41.5. The van der Waals surface area contributed by atoms with Gasteiger partial charge in [0.25, 0.3) is 0 Å². The van der Waals surface area contributed by atoms with Crippen LogP contribution in [0.4, 0.5) is 4.39 Å². The summed E-state index contributed by atoms with van der Waals surface area (Å²) in [6.45, 7) is 0.0496. The third-order valence-electron chi connectivity index (χ3n) is 4.43. The number of nitrogens with zero attached hydrogens (tertiary/aromatic N) is 1. The van der Waals surface area contributed by atoms with E-state index >= 15 is 0 Å². The van der Waals surface area contributed by atoms with Gasteiger partial charge in [0.15, 0.2) is 0 Å². The number of halogens is 1. The van der Waals surface area contributed by atoms with E-state index in [9.17, 15) is 12.8 Å². The van der Waals surface area contributed by atoms with Crippen LogP contribution in [0.15, 0.2) is 59.6 Å². The van der Waals surface area contributed by atoms with E-state index in [2.05, 4.69) is 21.5 Å². The molecule has 3 aromatic rings. The molecule has 1 aliphatic rings. The monoisotopic (exact) mass is 380 g/mol. The van der Waals surface area contributed by atoms with Crippen molar-refractivity contribution in [2.45, 2.75) is 24.3 Å². The molecule has 1 fully saturated rings. The quantitative estimate of drug-likeness (QED) is 0.704. The minimum absolute atomic E-state index is 0.0496. The number of para-hydroxylation sites is 1. The van der Waals surface area contributed by atoms with Gasteiger partial charge in [-0.2, -0.15) is 0 Å². The number of pyridine rings is 1. The van der Waals surface area contributed by atoms with Crippen LogP contribution in [0.3, 0.4) is 0 Å². The molecule has 1 aromatic heterocycles. The second-order valence-corrected chi connectivity index (χ2v) is 8.27. The number of fused-ring (bicyclic) bond motifs is 1. The molecule has 6 heteroatoms. The normalized spacial score (nSPS) is 14.0. The molecule has 1 heterocycles. The predicted octanol–water partition coefficient (Wildman–Crippen LogP) is 3.61. The van der Waals surface area contributed by atoms with Gasteiger partial charge in [-0.3, -0.25) is 4.98 Å². The molecule has 0 saturated heterocycles. The van der Waals surface area contributed by atoms with E-state index in [1.807, 2.05) is 0 Å². The first-order chi connectivity index (χ1) is 13.0. The third kappa shape index (κ3) is 4.00. The number of hydrogen-bond acceptors (Lipinski definition) is 3. The Morgan fingerprint density at radius 1 is 1.11 bits per heavy atom. The second kappa shape index (κ2) is 7.10. The van der Waals surface area contributed by atoms with Crippen LogP contribution >= 0.6 is 0 Å². The van der Waals surface area contributed by atoms with Gasteiger partial charge in [0.2, 0.25) is 10.0 Å². The van der Waals surface area contributed by atoms with Gasteiger partial charge < -0.3 is 0 Å². The molecule has 0 spiro atoms. The first-order valence-corrected chi connectivity index (χ1v) is 10.1. The Morgan fingerprint density at radius 2 is 1.89 bits per heavy atom. The lowest BCUT2D eigenvalue weighted by molar-refractivity contribution is 0.581. The fourth-order valence-electron chi connectivity index (χ4n) is 2.74. The molecular formula is C21H17FN2O2S. The van der Waals surface area contributed by atoms with Crippen LogP contribution in [0.1, 0.15) is 24.0 Å². The fraction of sp³-hybridized carbons (Fsp3) is 0.190. The Bertz CT molecular complexity index is 1160. The molecule has 0 aliphatic heterocycles. The number of rotatable bonds is 4. The first-order valence-electron chi connectivity index (χ1n) is 8.66. The highest BCUT2D eigenvalue weighted by molar-refractivity contribution is 7.89. The van der Waals surface area contributed by atoms with Crippen molar-refractivity contribution in [2.75, 3.05) is 0 Å². The highest BCUT2D eigenvalue weighted by atomic mass is 32.2. The van der Waals surface area contributed by atoms with Gasteiger partial charge in [0.1, 0.15) is 11.3 Å². The van der Waals surface area contributed by atoms with Crippen LogP contribution in [0, 0.1) is 23.6 Å². The van der Waals surface area contributed by atoms with Crippen molar-refractivity contribution < 1.29 is 12.8 Å². The van der Waals surface area contributed by atoms with Crippen molar-refractivity contribution in [3.8, 4) is 11.8 Å². The smallest absolute Gasteiger partial charge is 0.240 e. The summed E-state index contributed by atoms with van der Waals surface area (Å²) in [5.74, 6) is 6.27. The van der Waals surface area contributed by atoms with Crippen LogP contribution in [-0.2, 0) is 16.6 Å². The summed E-state index contributed by atoms with van der Waals surface area (Å²) in [5.41, 5.74) is 1.69. The molecule has 1 aliphatic carbocycles. The van der Waals surface area contributed by atoms with Crippen LogP contribution in [0.5, 0.6) is 0 Å². The van der Waals surface area contributed by atoms with Crippen LogP contribution in [-0.4, -0.2) is 13.4 Å². The maximum Gasteiger partial charge on any atom is 0.240 e. The van der Waals surface area contributed by atoms with Crippen molar-refractivity contribution in [1.29, 1.82) is 0 Å². The maximum atomic E-state index is 13.8. The number of aromatic nitrogens is 1. The summed E-state index contributed by atoms with van der Waals surface area (Å²) in [4.78, 5) is 4.19. The Labute approximate surface area is 157 Å². The average Bonchev–Trinajstić information content (AvgIpc) is 3.50. The lowest BCUT2D eigenvalue weighted by atomic mass is 10.1. The van der Waals surface area contributed by atoms with E-state index in [1.165, 1.54) is 12.3 Å². The predicted molar refractivity (Wildman–Crippen MR) is 102 cm³/mol. The summed E-state index contributed by atoms with van der Waals surface area (Å²) in [6, 6.07) is 12.8. The number of hydrogen-bond donors (Lipinski definition) is 1. The molecule has 0 amide bonds. The third-order valence-corrected chi connectivity index (χ3v) is 5.84. The number of sulfonamides is 1.